The number of aliphatic carboxylic acids is 1. The fraction of sp³-hybridized carbons (Fsp3) is 0.733. The summed E-state index contributed by atoms with van der Waals surface area (Å²) in [5.41, 5.74) is 0. The first kappa shape index (κ1) is 15.0. The van der Waals surface area contributed by atoms with Crippen LogP contribution in [0.15, 0.2) is 12.2 Å². The number of rotatable bonds is 8. The Balaban J connectivity index is 1.71. The van der Waals surface area contributed by atoms with Crippen LogP contribution >= 0.6 is 0 Å². The normalized spacial score (nSPS) is 28.6. The first-order valence-corrected chi connectivity index (χ1v) is 7.43. The average molecular weight is 281 g/mol. The molecule has 1 fully saturated rings. The molecule has 2 N–H and O–H groups in total. The number of hydrogen-bond acceptors (Lipinski definition) is 3. The number of carbonyl (C=O) groups is 2. The summed E-state index contributed by atoms with van der Waals surface area (Å²) in [5, 5.41) is 12.0. The molecule has 1 amide bonds. The monoisotopic (exact) mass is 281 g/mol. The van der Waals surface area contributed by atoms with Gasteiger partial charge in [0.15, 0.2) is 0 Å². The van der Waals surface area contributed by atoms with Gasteiger partial charge in [0.25, 0.3) is 0 Å². The fourth-order valence-electron chi connectivity index (χ4n) is 2.86. The van der Waals surface area contributed by atoms with E-state index in [0.29, 0.717) is 18.9 Å². The van der Waals surface area contributed by atoms with Crippen LogP contribution in [0.3, 0.4) is 0 Å². The molecule has 5 heteroatoms. The first-order valence-electron chi connectivity index (χ1n) is 7.43. The summed E-state index contributed by atoms with van der Waals surface area (Å²) >= 11 is 0. The molecule has 2 aliphatic rings. The van der Waals surface area contributed by atoms with Crippen LogP contribution < -0.4 is 5.32 Å². The van der Waals surface area contributed by atoms with Gasteiger partial charge in [0.2, 0.25) is 5.91 Å². The maximum atomic E-state index is 11.9. The highest BCUT2D eigenvalue weighted by Crippen LogP contribution is 2.33. The molecule has 0 aromatic rings. The van der Waals surface area contributed by atoms with Crippen molar-refractivity contribution < 1.29 is 19.4 Å². The zero-order valence-electron chi connectivity index (χ0n) is 11.9. The molecule has 0 spiro atoms. The predicted molar refractivity (Wildman–Crippen MR) is 74.2 cm³/mol. The van der Waals surface area contributed by atoms with E-state index in [1.807, 2.05) is 13.0 Å². The third-order valence-corrected chi connectivity index (χ3v) is 4.10. The molecule has 1 saturated heterocycles. The third kappa shape index (κ3) is 3.82. The summed E-state index contributed by atoms with van der Waals surface area (Å²) in [6, 6.07) is 0. The molecule has 4 unspecified atom stereocenters. The lowest BCUT2D eigenvalue weighted by Crippen LogP contribution is -2.34. The van der Waals surface area contributed by atoms with E-state index in [1.54, 1.807) is 0 Å². The number of nitrogens with one attached hydrogen (secondary N) is 1. The van der Waals surface area contributed by atoms with E-state index < -0.39 is 11.9 Å². The average Bonchev–Trinajstić information content (AvgIpc) is 3.03. The number of fused-ring (bicyclic) bond motifs is 2. The van der Waals surface area contributed by atoms with Gasteiger partial charge in [-0.15, -0.1) is 0 Å². The highest BCUT2D eigenvalue weighted by molar-refractivity contribution is 5.82. The molecule has 2 aliphatic heterocycles. The Labute approximate surface area is 119 Å². The van der Waals surface area contributed by atoms with Crippen molar-refractivity contribution in [1.29, 1.82) is 0 Å². The van der Waals surface area contributed by atoms with Crippen LogP contribution in [0.1, 0.15) is 39.0 Å². The maximum absolute atomic E-state index is 11.9. The summed E-state index contributed by atoms with van der Waals surface area (Å²) in [6.07, 6.45) is 7.82. The number of ether oxygens (including phenoxy) is 1. The zero-order valence-corrected chi connectivity index (χ0v) is 11.9. The lowest BCUT2D eigenvalue weighted by atomic mass is 9.94. The molecular weight excluding hydrogens is 258 g/mol. The molecule has 20 heavy (non-hydrogen) atoms. The van der Waals surface area contributed by atoms with Crippen LogP contribution in [0.25, 0.3) is 0 Å². The van der Waals surface area contributed by atoms with Gasteiger partial charge in [-0.2, -0.15) is 0 Å². The Hall–Kier alpha value is -1.36. The number of amides is 1. The smallest absolute Gasteiger partial charge is 0.307 e. The molecule has 4 atom stereocenters. The Morgan fingerprint density at radius 1 is 1.45 bits per heavy atom. The van der Waals surface area contributed by atoms with Crippen LogP contribution in [0.2, 0.25) is 0 Å². The van der Waals surface area contributed by atoms with Crippen molar-refractivity contribution in [2.75, 3.05) is 6.54 Å². The van der Waals surface area contributed by atoms with Gasteiger partial charge in [-0.3, -0.25) is 9.59 Å². The standard InChI is InChI=1S/C15H23NO4/c1-2-3-4-10(15(18)19)8-14(17)16-9-11-7-12-5-6-13(11)20-12/h5-6,10-13H,2-4,7-9H2,1H3,(H,16,17)(H,18,19). The second-order valence-corrected chi connectivity index (χ2v) is 5.71. The summed E-state index contributed by atoms with van der Waals surface area (Å²) in [6.45, 7) is 2.59. The SMILES string of the molecule is CCCCC(CC(=O)NCC1CC2C=CC1O2)C(=O)O. The molecule has 0 radical (unpaired) electrons. The van der Waals surface area contributed by atoms with Crippen LogP contribution in [0.4, 0.5) is 0 Å². The summed E-state index contributed by atoms with van der Waals surface area (Å²) in [7, 11) is 0. The van der Waals surface area contributed by atoms with E-state index in [-0.39, 0.29) is 24.5 Å². The second-order valence-electron chi connectivity index (χ2n) is 5.71. The van der Waals surface area contributed by atoms with Crippen LogP contribution in [-0.2, 0) is 14.3 Å². The Morgan fingerprint density at radius 3 is 2.80 bits per heavy atom. The van der Waals surface area contributed by atoms with Gasteiger partial charge in [0, 0.05) is 18.9 Å². The molecule has 5 nitrogen and oxygen atoms in total. The molecule has 0 saturated carbocycles. The van der Waals surface area contributed by atoms with Crippen molar-refractivity contribution in [1.82, 2.24) is 5.32 Å². The van der Waals surface area contributed by atoms with Gasteiger partial charge >= 0.3 is 5.97 Å². The molecule has 112 valence electrons. The number of carbonyl (C=O) groups excluding carboxylic acids is 1. The van der Waals surface area contributed by atoms with Gasteiger partial charge < -0.3 is 15.2 Å². The van der Waals surface area contributed by atoms with E-state index in [1.165, 1.54) is 0 Å². The van der Waals surface area contributed by atoms with Crippen molar-refractivity contribution in [2.24, 2.45) is 11.8 Å². The van der Waals surface area contributed by atoms with E-state index in [2.05, 4.69) is 11.4 Å². The Kier molecular flexibility index (Phi) is 5.17. The number of carboxylic acid groups (broad SMARTS) is 1. The predicted octanol–water partition coefficient (Wildman–Crippen LogP) is 1.73. The minimum Gasteiger partial charge on any atom is -0.481 e. The zero-order chi connectivity index (χ0) is 14.5. The van der Waals surface area contributed by atoms with E-state index in [9.17, 15) is 9.59 Å². The molecule has 0 aromatic carbocycles. The quantitative estimate of drug-likeness (QED) is 0.664. The summed E-state index contributed by atoms with van der Waals surface area (Å²) < 4.78 is 5.63. The van der Waals surface area contributed by atoms with Gasteiger partial charge in [0.05, 0.1) is 18.1 Å². The van der Waals surface area contributed by atoms with Crippen LogP contribution in [-0.4, -0.2) is 35.7 Å². The minimum atomic E-state index is -0.875. The van der Waals surface area contributed by atoms with Crippen molar-refractivity contribution in [3.05, 3.63) is 12.2 Å². The maximum Gasteiger partial charge on any atom is 0.307 e. The fourth-order valence-corrected chi connectivity index (χ4v) is 2.86. The van der Waals surface area contributed by atoms with Crippen LogP contribution in [0, 0.1) is 11.8 Å². The number of unbranched alkanes of at least 4 members (excludes halogenated alkanes) is 1. The first-order chi connectivity index (χ1) is 9.60. The summed E-state index contributed by atoms with van der Waals surface area (Å²) in [5.74, 6) is -1.28. The van der Waals surface area contributed by atoms with E-state index >= 15 is 0 Å². The number of carboxylic acids is 1. The Morgan fingerprint density at radius 2 is 2.25 bits per heavy atom. The van der Waals surface area contributed by atoms with Crippen molar-refractivity contribution in [2.45, 2.75) is 51.2 Å². The molecular formula is C15H23NO4. The van der Waals surface area contributed by atoms with E-state index in [4.69, 9.17) is 9.84 Å². The molecule has 0 aromatic heterocycles. The lowest BCUT2D eigenvalue weighted by Gasteiger charge is -2.17. The lowest BCUT2D eigenvalue weighted by molar-refractivity contribution is -0.144. The van der Waals surface area contributed by atoms with Gasteiger partial charge in [-0.25, -0.2) is 0 Å². The Bertz CT molecular complexity index is 393. The van der Waals surface area contributed by atoms with Gasteiger partial charge in [-0.05, 0) is 12.8 Å². The topological polar surface area (TPSA) is 75.6 Å². The molecule has 2 rings (SSSR count). The molecule has 0 aliphatic carbocycles. The summed E-state index contributed by atoms with van der Waals surface area (Å²) in [4.78, 5) is 22.9. The number of hydrogen-bond donors (Lipinski definition) is 2. The molecule has 2 heterocycles. The highest BCUT2D eigenvalue weighted by atomic mass is 16.5. The van der Waals surface area contributed by atoms with Crippen molar-refractivity contribution in [3.8, 4) is 0 Å². The van der Waals surface area contributed by atoms with Crippen LogP contribution in [0.5, 0.6) is 0 Å². The second kappa shape index (κ2) is 6.88. The van der Waals surface area contributed by atoms with E-state index in [0.717, 1.165) is 19.3 Å². The minimum absolute atomic E-state index is 0.0762. The van der Waals surface area contributed by atoms with Crippen molar-refractivity contribution in [3.63, 3.8) is 0 Å². The van der Waals surface area contributed by atoms with Gasteiger partial charge in [-0.1, -0.05) is 31.9 Å². The van der Waals surface area contributed by atoms with Gasteiger partial charge in [0.1, 0.15) is 0 Å². The van der Waals surface area contributed by atoms with Crippen molar-refractivity contribution >= 4 is 11.9 Å². The third-order valence-electron chi connectivity index (χ3n) is 4.10. The highest BCUT2D eigenvalue weighted by Gasteiger charge is 2.36. The molecule has 2 bridgehead atoms. The largest absolute Gasteiger partial charge is 0.481 e.